The van der Waals surface area contributed by atoms with Gasteiger partial charge in [-0.3, -0.25) is 0 Å². The van der Waals surface area contributed by atoms with Gasteiger partial charge in [0.15, 0.2) is 0 Å². The Bertz CT molecular complexity index is 450. The second-order valence-corrected chi connectivity index (χ2v) is 5.71. The molecule has 0 radical (unpaired) electrons. The zero-order valence-electron chi connectivity index (χ0n) is 13.3. The summed E-state index contributed by atoms with van der Waals surface area (Å²) < 4.78 is 0. The van der Waals surface area contributed by atoms with Gasteiger partial charge in [-0.2, -0.15) is 0 Å². The van der Waals surface area contributed by atoms with Crippen LogP contribution >= 0.6 is 0 Å². The maximum absolute atomic E-state index is 3.67. The van der Waals surface area contributed by atoms with Gasteiger partial charge in [0.25, 0.3) is 0 Å². The van der Waals surface area contributed by atoms with Crippen LogP contribution < -0.4 is 5.32 Å². The minimum atomic E-state index is 0.579. The van der Waals surface area contributed by atoms with Gasteiger partial charge in [0.2, 0.25) is 0 Å². The fraction of sp³-hybridized carbons (Fsp3) is 0.400. The van der Waals surface area contributed by atoms with E-state index in [4.69, 9.17) is 0 Å². The van der Waals surface area contributed by atoms with E-state index in [-0.39, 0.29) is 0 Å². The van der Waals surface area contributed by atoms with Crippen molar-refractivity contribution in [2.24, 2.45) is 5.92 Å². The molecule has 1 heteroatoms. The van der Waals surface area contributed by atoms with Crippen molar-refractivity contribution < 1.29 is 0 Å². The van der Waals surface area contributed by atoms with E-state index in [1.54, 1.807) is 0 Å². The van der Waals surface area contributed by atoms with Crippen molar-refractivity contribution in [1.29, 1.82) is 0 Å². The molecule has 0 saturated carbocycles. The van der Waals surface area contributed by atoms with E-state index in [0.717, 1.165) is 19.4 Å². The van der Waals surface area contributed by atoms with E-state index < -0.39 is 0 Å². The third-order valence-electron chi connectivity index (χ3n) is 4.16. The maximum Gasteiger partial charge on any atom is 0.00989 e. The topological polar surface area (TPSA) is 12.0 Å². The molecule has 0 saturated heterocycles. The van der Waals surface area contributed by atoms with Gasteiger partial charge in [0, 0.05) is 6.04 Å². The van der Waals surface area contributed by atoms with E-state index in [1.807, 2.05) is 0 Å². The molecule has 0 aliphatic rings. The molecular weight excluding hydrogens is 254 g/mol. The Labute approximate surface area is 129 Å². The monoisotopic (exact) mass is 281 g/mol. The van der Waals surface area contributed by atoms with Crippen molar-refractivity contribution in [3.8, 4) is 0 Å². The number of hydrogen-bond donors (Lipinski definition) is 1. The highest BCUT2D eigenvalue weighted by Crippen LogP contribution is 2.20. The summed E-state index contributed by atoms with van der Waals surface area (Å²) in [6.45, 7) is 5.53. The highest BCUT2D eigenvalue weighted by Gasteiger charge is 2.20. The Morgan fingerprint density at radius 1 is 0.762 bits per heavy atom. The smallest absolute Gasteiger partial charge is 0.00989 e. The minimum absolute atomic E-state index is 0.579. The van der Waals surface area contributed by atoms with Crippen LogP contribution in [0, 0.1) is 5.92 Å². The SMILES string of the molecule is CCNC(CC)C(Cc1ccccc1)Cc1ccccc1. The highest BCUT2D eigenvalue weighted by molar-refractivity contribution is 5.19. The zero-order valence-corrected chi connectivity index (χ0v) is 13.3. The summed E-state index contributed by atoms with van der Waals surface area (Å²) in [5, 5.41) is 3.67. The molecule has 0 aromatic heterocycles. The van der Waals surface area contributed by atoms with Gasteiger partial charge in [0.05, 0.1) is 0 Å². The number of hydrogen-bond acceptors (Lipinski definition) is 1. The van der Waals surface area contributed by atoms with E-state index in [0.29, 0.717) is 12.0 Å². The quantitative estimate of drug-likeness (QED) is 0.752. The fourth-order valence-electron chi connectivity index (χ4n) is 3.10. The zero-order chi connectivity index (χ0) is 14.9. The Kier molecular flexibility index (Phi) is 6.49. The molecule has 0 aliphatic heterocycles. The molecule has 0 amide bonds. The standard InChI is InChI=1S/C20H27N/c1-3-20(21-4-2)19(15-17-11-7-5-8-12-17)16-18-13-9-6-10-14-18/h5-14,19-21H,3-4,15-16H2,1-2H3. The first-order valence-electron chi connectivity index (χ1n) is 8.14. The molecule has 0 fully saturated rings. The van der Waals surface area contributed by atoms with Crippen LogP contribution in [0.2, 0.25) is 0 Å². The van der Waals surface area contributed by atoms with Crippen molar-refractivity contribution in [3.05, 3.63) is 71.8 Å². The van der Waals surface area contributed by atoms with E-state index in [1.165, 1.54) is 17.5 Å². The normalized spacial score (nSPS) is 12.5. The first-order chi connectivity index (χ1) is 10.3. The third kappa shape index (κ3) is 5.02. The van der Waals surface area contributed by atoms with Crippen LogP contribution in [-0.2, 0) is 12.8 Å². The summed E-state index contributed by atoms with van der Waals surface area (Å²) in [6.07, 6.45) is 3.46. The molecule has 1 unspecified atom stereocenters. The summed E-state index contributed by atoms with van der Waals surface area (Å²) in [5.41, 5.74) is 2.88. The molecule has 2 aromatic carbocycles. The van der Waals surface area contributed by atoms with Gasteiger partial charge in [-0.25, -0.2) is 0 Å². The Balaban J connectivity index is 2.13. The molecule has 2 rings (SSSR count). The Morgan fingerprint density at radius 2 is 1.24 bits per heavy atom. The largest absolute Gasteiger partial charge is 0.314 e. The number of benzene rings is 2. The summed E-state index contributed by atoms with van der Waals surface area (Å²) >= 11 is 0. The fourth-order valence-corrected chi connectivity index (χ4v) is 3.10. The first-order valence-corrected chi connectivity index (χ1v) is 8.14. The highest BCUT2D eigenvalue weighted by atomic mass is 14.9. The molecule has 0 bridgehead atoms. The summed E-state index contributed by atoms with van der Waals surface area (Å²) in [6, 6.07) is 22.3. The van der Waals surface area contributed by atoms with Crippen LogP contribution in [-0.4, -0.2) is 12.6 Å². The molecule has 21 heavy (non-hydrogen) atoms. The molecule has 0 aliphatic carbocycles. The van der Waals surface area contributed by atoms with Gasteiger partial charge >= 0.3 is 0 Å². The molecule has 0 spiro atoms. The Morgan fingerprint density at radius 3 is 1.62 bits per heavy atom. The molecule has 112 valence electrons. The third-order valence-corrected chi connectivity index (χ3v) is 4.16. The lowest BCUT2D eigenvalue weighted by atomic mass is 9.85. The summed E-state index contributed by atoms with van der Waals surface area (Å²) in [7, 11) is 0. The Hall–Kier alpha value is -1.60. The van der Waals surface area contributed by atoms with E-state index in [9.17, 15) is 0 Å². The maximum atomic E-state index is 3.67. The lowest BCUT2D eigenvalue weighted by Crippen LogP contribution is -2.37. The molecular formula is C20H27N. The second kappa shape index (κ2) is 8.63. The van der Waals surface area contributed by atoms with Gasteiger partial charge in [-0.1, -0.05) is 74.5 Å². The lowest BCUT2D eigenvalue weighted by Gasteiger charge is -2.27. The van der Waals surface area contributed by atoms with Crippen LogP contribution in [0.15, 0.2) is 60.7 Å². The van der Waals surface area contributed by atoms with Crippen molar-refractivity contribution in [2.75, 3.05) is 6.54 Å². The van der Waals surface area contributed by atoms with Crippen molar-refractivity contribution >= 4 is 0 Å². The molecule has 0 heterocycles. The molecule has 2 aromatic rings. The number of nitrogens with one attached hydrogen (secondary N) is 1. The van der Waals surface area contributed by atoms with Crippen molar-refractivity contribution in [2.45, 2.75) is 39.2 Å². The lowest BCUT2D eigenvalue weighted by molar-refractivity contribution is 0.344. The van der Waals surface area contributed by atoms with Crippen LogP contribution in [0.4, 0.5) is 0 Å². The van der Waals surface area contributed by atoms with Crippen LogP contribution in [0.5, 0.6) is 0 Å². The van der Waals surface area contributed by atoms with E-state index >= 15 is 0 Å². The molecule has 1 N–H and O–H groups in total. The van der Waals surface area contributed by atoms with E-state index in [2.05, 4.69) is 79.8 Å². The summed E-state index contributed by atoms with van der Waals surface area (Å²) in [5.74, 6) is 0.639. The predicted octanol–water partition coefficient (Wildman–Crippen LogP) is 4.48. The van der Waals surface area contributed by atoms with Crippen molar-refractivity contribution in [1.82, 2.24) is 5.32 Å². The molecule has 1 nitrogen and oxygen atoms in total. The molecule has 1 atom stereocenters. The average molecular weight is 281 g/mol. The minimum Gasteiger partial charge on any atom is -0.314 e. The van der Waals surface area contributed by atoms with Gasteiger partial charge < -0.3 is 5.32 Å². The summed E-state index contributed by atoms with van der Waals surface area (Å²) in [4.78, 5) is 0. The van der Waals surface area contributed by atoms with Crippen LogP contribution in [0.1, 0.15) is 31.4 Å². The van der Waals surface area contributed by atoms with Crippen molar-refractivity contribution in [3.63, 3.8) is 0 Å². The van der Waals surface area contributed by atoms with Gasteiger partial charge in [-0.05, 0) is 42.9 Å². The second-order valence-electron chi connectivity index (χ2n) is 5.71. The average Bonchev–Trinajstić information content (AvgIpc) is 2.54. The first kappa shape index (κ1) is 15.8. The van der Waals surface area contributed by atoms with Gasteiger partial charge in [-0.15, -0.1) is 0 Å². The predicted molar refractivity (Wildman–Crippen MR) is 91.5 cm³/mol. The number of rotatable bonds is 8. The van der Waals surface area contributed by atoms with Crippen LogP contribution in [0.3, 0.4) is 0 Å². The van der Waals surface area contributed by atoms with Crippen LogP contribution in [0.25, 0.3) is 0 Å². The van der Waals surface area contributed by atoms with Gasteiger partial charge in [0.1, 0.15) is 0 Å².